The molecular formula is C14H18Cl2N2. The van der Waals surface area contributed by atoms with Crippen LogP contribution in [0.5, 0.6) is 0 Å². The summed E-state index contributed by atoms with van der Waals surface area (Å²) >= 11 is 0. The lowest BCUT2D eigenvalue weighted by Crippen LogP contribution is -2.16. The molecule has 0 saturated carbocycles. The quantitative estimate of drug-likeness (QED) is 0.853. The number of hydrogen-bond donors (Lipinski definition) is 1. The van der Waals surface area contributed by atoms with E-state index in [4.69, 9.17) is 0 Å². The van der Waals surface area contributed by atoms with Crippen LogP contribution in [0.25, 0.3) is 0 Å². The van der Waals surface area contributed by atoms with E-state index in [1.165, 1.54) is 11.1 Å². The van der Waals surface area contributed by atoms with Crippen LogP contribution in [-0.2, 0) is 13.0 Å². The van der Waals surface area contributed by atoms with Gasteiger partial charge in [-0.25, -0.2) is 0 Å². The van der Waals surface area contributed by atoms with Crippen LogP contribution >= 0.6 is 24.8 Å². The number of benzene rings is 1. The molecule has 1 heterocycles. The monoisotopic (exact) mass is 284 g/mol. The van der Waals surface area contributed by atoms with Crippen molar-refractivity contribution in [3.63, 3.8) is 0 Å². The van der Waals surface area contributed by atoms with Gasteiger partial charge in [-0.1, -0.05) is 36.4 Å². The maximum absolute atomic E-state index is 4.08. The molecule has 2 aromatic rings. The third-order valence-corrected chi connectivity index (χ3v) is 2.49. The van der Waals surface area contributed by atoms with Crippen LogP contribution < -0.4 is 5.32 Å². The Hall–Kier alpha value is -1.09. The van der Waals surface area contributed by atoms with Crippen LogP contribution in [0, 0.1) is 0 Å². The summed E-state index contributed by atoms with van der Waals surface area (Å²) in [4.78, 5) is 4.08. The molecule has 18 heavy (non-hydrogen) atoms. The van der Waals surface area contributed by atoms with Gasteiger partial charge in [-0.2, -0.15) is 0 Å². The molecular weight excluding hydrogens is 267 g/mol. The number of nitrogens with zero attached hydrogens (tertiary/aromatic N) is 1. The lowest BCUT2D eigenvalue weighted by molar-refractivity contribution is 0.685. The lowest BCUT2D eigenvalue weighted by atomic mass is 10.1. The standard InChI is InChI=1S/C14H16N2.2ClH/c1-2-5-13(6-3-1)8-10-16-12-14-7-4-9-15-11-14;;/h1-7,9,11,16H,8,10,12H2;2*1H. The summed E-state index contributed by atoms with van der Waals surface area (Å²) in [5.41, 5.74) is 2.61. The van der Waals surface area contributed by atoms with Crippen molar-refractivity contribution in [2.24, 2.45) is 0 Å². The molecule has 0 unspecified atom stereocenters. The fourth-order valence-corrected chi connectivity index (χ4v) is 1.61. The molecule has 0 radical (unpaired) electrons. The zero-order chi connectivity index (χ0) is 11.1. The predicted molar refractivity (Wildman–Crippen MR) is 80.6 cm³/mol. The van der Waals surface area contributed by atoms with Gasteiger partial charge in [0, 0.05) is 18.9 Å². The average Bonchev–Trinajstić information content (AvgIpc) is 2.37. The van der Waals surface area contributed by atoms with Gasteiger partial charge in [-0.3, -0.25) is 4.98 Å². The first-order chi connectivity index (χ1) is 7.95. The van der Waals surface area contributed by atoms with Crippen molar-refractivity contribution in [1.29, 1.82) is 0 Å². The van der Waals surface area contributed by atoms with E-state index in [-0.39, 0.29) is 24.8 Å². The van der Waals surface area contributed by atoms with Crippen molar-refractivity contribution >= 4 is 24.8 Å². The molecule has 4 heteroatoms. The Kier molecular flexibility index (Phi) is 9.29. The molecule has 2 rings (SSSR count). The fourth-order valence-electron chi connectivity index (χ4n) is 1.61. The van der Waals surface area contributed by atoms with Crippen molar-refractivity contribution < 1.29 is 0 Å². The van der Waals surface area contributed by atoms with Crippen molar-refractivity contribution in [3.8, 4) is 0 Å². The molecule has 1 aromatic carbocycles. The Bertz CT molecular complexity index is 365. The third-order valence-electron chi connectivity index (χ3n) is 2.49. The van der Waals surface area contributed by atoms with Crippen LogP contribution in [0.1, 0.15) is 11.1 Å². The first-order valence-corrected chi connectivity index (χ1v) is 5.59. The smallest absolute Gasteiger partial charge is 0.0312 e. The third kappa shape index (κ3) is 6.01. The maximum Gasteiger partial charge on any atom is 0.0312 e. The molecule has 0 atom stereocenters. The number of pyridine rings is 1. The Labute approximate surface area is 121 Å². The van der Waals surface area contributed by atoms with E-state index in [0.29, 0.717) is 0 Å². The van der Waals surface area contributed by atoms with Crippen molar-refractivity contribution in [3.05, 3.63) is 66.0 Å². The first kappa shape index (κ1) is 16.9. The summed E-state index contributed by atoms with van der Waals surface area (Å²) in [6.45, 7) is 1.89. The number of hydrogen-bond acceptors (Lipinski definition) is 2. The lowest BCUT2D eigenvalue weighted by Gasteiger charge is -2.04. The van der Waals surface area contributed by atoms with Gasteiger partial charge in [0.25, 0.3) is 0 Å². The van der Waals surface area contributed by atoms with E-state index in [2.05, 4.69) is 40.6 Å². The van der Waals surface area contributed by atoms with Crippen molar-refractivity contribution in [1.82, 2.24) is 10.3 Å². The SMILES string of the molecule is Cl.Cl.c1ccc(CCNCc2cccnc2)cc1. The van der Waals surface area contributed by atoms with E-state index in [9.17, 15) is 0 Å². The van der Waals surface area contributed by atoms with Gasteiger partial charge in [-0.15, -0.1) is 24.8 Å². The summed E-state index contributed by atoms with van der Waals surface area (Å²) < 4.78 is 0. The molecule has 0 aliphatic rings. The predicted octanol–water partition coefficient (Wildman–Crippen LogP) is 3.26. The fraction of sp³-hybridized carbons (Fsp3) is 0.214. The highest BCUT2D eigenvalue weighted by molar-refractivity contribution is 5.85. The number of aromatic nitrogens is 1. The summed E-state index contributed by atoms with van der Waals surface area (Å²) in [6, 6.07) is 14.6. The maximum atomic E-state index is 4.08. The highest BCUT2D eigenvalue weighted by Gasteiger charge is 1.93. The van der Waals surface area contributed by atoms with Gasteiger partial charge in [-0.05, 0) is 30.2 Å². The minimum atomic E-state index is 0. The second kappa shape index (κ2) is 9.89. The van der Waals surface area contributed by atoms with Gasteiger partial charge >= 0.3 is 0 Å². The second-order valence-electron chi connectivity index (χ2n) is 3.77. The normalized spacial score (nSPS) is 9.11. The summed E-state index contributed by atoms with van der Waals surface area (Å²) in [5.74, 6) is 0. The van der Waals surface area contributed by atoms with Crippen LogP contribution in [0.15, 0.2) is 54.9 Å². The molecule has 0 bridgehead atoms. The zero-order valence-corrected chi connectivity index (χ0v) is 11.7. The van der Waals surface area contributed by atoms with E-state index < -0.39 is 0 Å². The summed E-state index contributed by atoms with van der Waals surface area (Å²) in [5, 5.41) is 3.41. The molecule has 2 nitrogen and oxygen atoms in total. The average molecular weight is 285 g/mol. The van der Waals surface area contributed by atoms with E-state index in [1.54, 1.807) is 6.20 Å². The van der Waals surface area contributed by atoms with Crippen LogP contribution in [-0.4, -0.2) is 11.5 Å². The zero-order valence-electron chi connectivity index (χ0n) is 10.1. The van der Waals surface area contributed by atoms with Crippen LogP contribution in [0.2, 0.25) is 0 Å². The molecule has 98 valence electrons. The number of rotatable bonds is 5. The highest BCUT2D eigenvalue weighted by atomic mass is 35.5. The van der Waals surface area contributed by atoms with Gasteiger partial charge in [0.1, 0.15) is 0 Å². The Morgan fingerprint density at radius 3 is 2.28 bits per heavy atom. The Morgan fingerprint density at radius 2 is 1.61 bits per heavy atom. The minimum Gasteiger partial charge on any atom is -0.312 e. The topological polar surface area (TPSA) is 24.9 Å². The number of nitrogens with one attached hydrogen (secondary N) is 1. The Morgan fingerprint density at radius 1 is 0.889 bits per heavy atom. The molecule has 0 amide bonds. The van der Waals surface area contributed by atoms with Gasteiger partial charge in [0.2, 0.25) is 0 Å². The molecule has 0 aliphatic carbocycles. The first-order valence-electron chi connectivity index (χ1n) is 5.59. The molecule has 0 fully saturated rings. The highest BCUT2D eigenvalue weighted by Crippen LogP contribution is 1.99. The van der Waals surface area contributed by atoms with Gasteiger partial charge in [0.05, 0.1) is 0 Å². The molecule has 0 spiro atoms. The summed E-state index contributed by atoms with van der Waals surface area (Å²) in [6.07, 6.45) is 4.77. The molecule has 1 aromatic heterocycles. The van der Waals surface area contributed by atoms with Crippen LogP contribution in [0.4, 0.5) is 0 Å². The van der Waals surface area contributed by atoms with E-state index >= 15 is 0 Å². The van der Waals surface area contributed by atoms with Crippen LogP contribution in [0.3, 0.4) is 0 Å². The minimum absolute atomic E-state index is 0. The number of halogens is 2. The van der Waals surface area contributed by atoms with E-state index in [0.717, 1.165) is 19.5 Å². The van der Waals surface area contributed by atoms with E-state index in [1.807, 2.05) is 18.3 Å². The van der Waals surface area contributed by atoms with Gasteiger partial charge < -0.3 is 5.32 Å². The van der Waals surface area contributed by atoms with Crippen molar-refractivity contribution in [2.75, 3.05) is 6.54 Å². The second-order valence-corrected chi connectivity index (χ2v) is 3.77. The van der Waals surface area contributed by atoms with Gasteiger partial charge in [0.15, 0.2) is 0 Å². The molecule has 0 aliphatic heterocycles. The summed E-state index contributed by atoms with van der Waals surface area (Å²) in [7, 11) is 0. The molecule has 1 N–H and O–H groups in total. The molecule has 0 saturated heterocycles. The van der Waals surface area contributed by atoms with Crippen molar-refractivity contribution in [2.45, 2.75) is 13.0 Å². The Balaban J connectivity index is 0.00000144. The largest absolute Gasteiger partial charge is 0.312 e.